The lowest BCUT2D eigenvalue weighted by Crippen LogP contribution is -2.38. The Balaban J connectivity index is 1.67. The fourth-order valence-electron chi connectivity index (χ4n) is 9.37. The zero-order valence-corrected chi connectivity index (χ0v) is 41.1. The molecule has 3 aliphatic carbocycles. The van der Waals surface area contributed by atoms with E-state index in [-0.39, 0.29) is 29.0 Å². The van der Waals surface area contributed by atoms with Gasteiger partial charge in [-0.25, -0.2) is 4.39 Å². The van der Waals surface area contributed by atoms with E-state index < -0.39 is 6.67 Å². The van der Waals surface area contributed by atoms with Crippen LogP contribution in [0.2, 0.25) is 0 Å². The number of hydrogen-bond acceptors (Lipinski definition) is 3. The Morgan fingerprint density at radius 3 is 2.34 bits per heavy atom. The van der Waals surface area contributed by atoms with Gasteiger partial charge in [-0.1, -0.05) is 155 Å². The van der Waals surface area contributed by atoms with Gasteiger partial charge in [0.15, 0.2) is 0 Å². The third kappa shape index (κ3) is 12.1. The van der Waals surface area contributed by atoms with E-state index in [1.165, 1.54) is 55.4 Å². The van der Waals surface area contributed by atoms with Crippen molar-refractivity contribution in [3.8, 4) is 0 Å². The third-order valence-electron chi connectivity index (χ3n) is 13.7. The van der Waals surface area contributed by atoms with E-state index in [1.54, 1.807) is 17.7 Å². The molecule has 0 radical (unpaired) electrons. The van der Waals surface area contributed by atoms with Gasteiger partial charge in [0.05, 0.1) is 0 Å². The van der Waals surface area contributed by atoms with Crippen molar-refractivity contribution >= 4 is 32.9 Å². The lowest BCUT2D eigenvalue weighted by atomic mass is 9.42. The van der Waals surface area contributed by atoms with Gasteiger partial charge < -0.3 is 10.6 Å². The second-order valence-electron chi connectivity index (χ2n) is 20.7. The predicted molar refractivity (Wildman–Crippen MR) is 275 cm³/mol. The highest BCUT2D eigenvalue weighted by Crippen LogP contribution is 2.47. The number of allylic oxidation sites excluding steroid dienone is 14. The number of thiophene rings is 1. The second kappa shape index (κ2) is 21.5. The molecule has 3 unspecified atom stereocenters. The summed E-state index contributed by atoms with van der Waals surface area (Å²) in [5.41, 5.74) is 11.1. The van der Waals surface area contributed by atoms with E-state index in [2.05, 4.69) is 173 Å². The molecule has 3 aliphatic rings. The zero-order valence-electron chi connectivity index (χ0n) is 40.3. The van der Waals surface area contributed by atoms with Gasteiger partial charge in [0.2, 0.25) is 0 Å². The van der Waals surface area contributed by atoms with E-state index in [4.69, 9.17) is 0 Å². The fraction of sp³-hybridized carbons (Fsp3) is 0.474. The summed E-state index contributed by atoms with van der Waals surface area (Å²) in [5.74, 6) is 3.85. The molecule has 2 nitrogen and oxygen atoms in total. The standard InChI is InChI=1S/C57H78BFN2S/c1-14-17-18-22-32-58(54-36-43-35-48-49(38-53(43)62-54)57(12,13)31-30-56(48,10)11)50(52(24-15-2)61-45-27-28-46(40(4)5)47(37-45)41(6)16-3)39-60-51-29-26-44(55(7,8)9)34-42(51)25-21-19-20-23-33-59/h14-15,19-24,27-29,32,34-36,38-41,44-45,60-61H,1-2,16-18,25-26,30-31,33,37H2,3-13H3/b21-19-,23-20-,32-22+,50-39-,52-24+. The SMILES string of the molecule is C=C/C=C(NC1C=CC(C(C)C)=C(C(C)CC)C1)\C(=C\NC1=CCC(C(C)(C)C)C=C1C/C=C\C=C/CF)B(/C=C/CCC=C)c1cc2cc3c(cc2s1)C(C)(C)CCC3(C)C. The summed E-state index contributed by atoms with van der Waals surface area (Å²) in [5, 5.41) is 9.33. The lowest BCUT2D eigenvalue weighted by Gasteiger charge is -2.41. The van der Waals surface area contributed by atoms with Crippen molar-refractivity contribution in [2.24, 2.45) is 23.2 Å². The van der Waals surface area contributed by atoms with Crippen LogP contribution in [0.15, 0.2) is 150 Å². The highest BCUT2D eigenvalue weighted by Gasteiger charge is 2.38. The first kappa shape index (κ1) is 48.9. The molecule has 332 valence electrons. The van der Waals surface area contributed by atoms with Crippen LogP contribution in [0.4, 0.5) is 4.39 Å². The van der Waals surface area contributed by atoms with Crippen LogP contribution in [0.1, 0.15) is 139 Å². The molecule has 0 saturated heterocycles. The van der Waals surface area contributed by atoms with Gasteiger partial charge in [0, 0.05) is 22.1 Å². The second-order valence-corrected chi connectivity index (χ2v) is 21.8. The summed E-state index contributed by atoms with van der Waals surface area (Å²) in [4.78, 5) is 0. The molecule has 0 amide bonds. The van der Waals surface area contributed by atoms with Gasteiger partial charge in [0.25, 0.3) is 6.71 Å². The minimum atomic E-state index is -0.458. The molecule has 1 aromatic heterocycles. The Hall–Kier alpha value is -4.09. The Morgan fingerprint density at radius 2 is 1.69 bits per heavy atom. The average Bonchev–Trinajstić information content (AvgIpc) is 3.65. The number of nitrogens with one attached hydrogen (secondary N) is 2. The van der Waals surface area contributed by atoms with Crippen molar-refractivity contribution in [1.82, 2.24) is 10.6 Å². The number of alkyl halides is 1. The van der Waals surface area contributed by atoms with Gasteiger partial charge in [-0.15, -0.1) is 23.9 Å². The van der Waals surface area contributed by atoms with Crippen LogP contribution < -0.4 is 15.4 Å². The van der Waals surface area contributed by atoms with Crippen LogP contribution in [0.5, 0.6) is 0 Å². The summed E-state index contributed by atoms with van der Waals surface area (Å²) in [6.07, 6.45) is 35.9. The van der Waals surface area contributed by atoms with E-state index in [0.717, 1.165) is 49.9 Å². The maximum Gasteiger partial charge on any atom is 0.250 e. The number of hydrogen-bond donors (Lipinski definition) is 2. The average molecular weight is 853 g/mol. The Kier molecular flexibility index (Phi) is 17.0. The van der Waals surface area contributed by atoms with E-state index in [0.29, 0.717) is 17.8 Å². The first-order valence-corrected chi connectivity index (χ1v) is 24.4. The van der Waals surface area contributed by atoms with Gasteiger partial charge >= 0.3 is 0 Å². The summed E-state index contributed by atoms with van der Waals surface area (Å²) in [7, 11) is 0. The molecule has 1 heterocycles. The maximum absolute atomic E-state index is 12.9. The number of fused-ring (bicyclic) bond motifs is 2. The van der Waals surface area contributed by atoms with Crippen LogP contribution in [0, 0.1) is 23.2 Å². The Labute approximate surface area is 381 Å². The molecule has 0 fully saturated rings. The van der Waals surface area contributed by atoms with Gasteiger partial charge in [-0.3, -0.25) is 0 Å². The van der Waals surface area contributed by atoms with Crippen LogP contribution in [0.25, 0.3) is 10.1 Å². The molecule has 0 aliphatic heterocycles. The molecule has 0 spiro atoms. The van der Waals surface area contributed by atoms with E-state index in [9.17, 15) is 4.39 Å². The summed E-state index contributed by atoms with van der Waals surface area (Å²) in [6, 6.07) is 7.64. The summed E-state index contributed by atoms with van der Waals surface area (Å²) >= 11 is 1.94. The van der Waals surface area contributed by atoms with Crippen LogP contribution in [-0.2, 0) is 10.8 Å². The van der Waals surface area contributed by atoms with Crippen molar-refractivity contribution in [2.45, 2.75) is 144 Å². The topological polar surface area (TPSA) is 24.1 Å². The van der Waals surface area contributed by atoms with Crippen molar-refractivity contribution in [2.75, 3.05) is 6.67 Å². The number of benzene rings is 1. The normalized spacial score (nSPS) is 21.2. The molecule has 0 bridgehead atoms. The molecule has 62 heavy (non-hydrogen) atoms. The van der Waals surface area contributed by atoms with Crippen molar-refractivity contribution in [3.05, 3.63) is 161 Å². The highest BCUT2D eigenvalue weighted by atomic mass is 32.1. The molecular weight excluding hydrogens is 775 g/mol. The van der Waals surface area contributed by atoms with Gasteiger partial charge in [0.1, 0.15) is 6.67 Å². The highest BCUT2D eigenvalue weighted by molar-refractivity contribution is 7.30. The third-order valence-corrected chi connectivity index (χ3v) is 14.9. The van der Waals surface area contributed by atoms with Crippen molar-refractivity contribution < 1.29 is 4.39 Å². The van der Waals surface area contributed by atoms with Gasteiger partial charge in [-0.05, 0) is 154 Å². The van der Waals surface area contributed by atoms with E-state index in [1.807, 2.05) is 29.6 Å². The molecular formula is C57H78BFN2S. The Bertz CT molecular complexity index is 2130. The first-order valence-electron chi connectivity index (χ1n) is 23.6. The quantitative estimate of drug-likeness (QED) is 0.0637. The zero-order chi connectivity index (χ0) is 45.2. The molecule has 1 aromatic carbocycles. The van der Waals surface area contributed by atoms with Crippen molar-refractivity contribution in [3.63, 3.8) is 0 Å². The molecule has 2 N–H and O–H groups in total. The number of rotatable bonds is 19. The smallest absolute Gasteiger partial charge is 0.250 e. The number of halogens is 1. The van der Waals surface area contributed by atoms with Crippen LogP contribution in [-0.4, -0.2) is 19.4 Å². The Morgan fingerprint density at radius 1 is 0.984 bits per heavy atom. The molecule has 5 rings (SSSR count). The minimum Gasteiger partial charge on any atom is -0.379 e. The molecule has 3 atom stereocenters. The molecule has 0 saturated carbocycles. The van der Waals surface area contributed by atoms with Crippen LogP contribution in [0.3, 0.4) is 0 Å². The predicted octanol–water partition coefficient (Wildman–Crippen LogP) is 15.4. The largest absolute Gasteiger partial charge is 0.379 e. The molecule has 2 aromatic rings. The van der Waals surface area contributed by atoms with Crippen molar-refractivity contribution in [1.29, 1.82) is 0 Å². The summed E-state index contributed by atoms with van der Waals surface area (Å²) in [6.45, 7) is 33.8. The molecule has 5 heteroatoms. The number of unbranched alkanes of at least 4 members (excludes halogenated alkanes) is 1. The van der Waals surface area contributed by atoms with Crippen LogP contribution >= 0.6 is 11.3 Å². The fourth-order valence-corrected chi connectivity index (χ4v) is 10.6. The summed E-state index contributed by atoms with van der Waals surface area (Å²) < 4.78 is 15.6. The van der Waals surface area contributed by atoms with E-state index >= 15 is 0 Å². The lowest BCUT2D eigenvalue weighted by molar-refractivity contribution is 0.291. The first-order chi connectivity index (χ1) is 29.4. The maximum atomic E-state index is 12.9. The monoisotopic (exact) mass is 853 g/mol. The van der Waals surface area contributed by atoms with Gasteiger partial charge in [-0.2, -0.15) is 0 Å². The minimum absolute atomic E-state index is 0.0329.